The van der Waals surface area contributed by atoms with Gasteiger partial charge in [-0.05, 0) is 25.0 Å². The third kappa shape index (κ3) is 3.36. The van der Waals surface area contributed by atoms with E-state index in [4.69, 9.17) is 5.11 Å². The molecule has 7 heteroatoms. The summed E-state index contributed by atoms with van der Waals surface area (Å²) >= 11 is 0. The van der Waals surface area contributed by atoms with Gasteiger partial charge in [0.15, 0.2) is 5.69 Å². The highest BCUT2D eigenvalue weighted by molar-refractivity contribution is 5.84. The minimum absolute atomic E-state index is 0.158. The SMILES string of the molecule is CCC(CC)n1ccc(Cn2nc(C(=O)O)ccc2=O)n1. The smallest absolute Gasteiger partial charge is 0.356 e. The van der Waals surface area contributed by atoms with Crippen LogP contribution in [0.15, 0.2) is 29.2 Å². The Morgan fingerprint density at radius 1 is 1.24 bits per heavy atom. The van der Waals surface area contributed by atoms with Crippen LogP contribution in [-0.2, 0) is 6.54 Å². The van der Waals surface area contributed by atoms with Crippen LogP contribution in [0.4, 0.5) is 0 Å². The first-order chi connectivity index (χ1) is 10.0. The molecule has 0 unspecified atom stereocenters. The first-order valence-corrected chi connectivity index (χ1v) is 6.90. The number of rotatable bonds is 6. The number of nitrogens with zero attached hydrogens (tertiary/aromatic N) is 4. The molecule has 0 spiro atoms. The average Bonchev–Trinajstić information content (AvgIpc) is 2.91. The summed E-state index contributed by atoms with van der Waals surface area (Å²) in [7, 11) is 0. The molecule has 0 bridgehead atoms. The van der Waals surface area contributed by atoms with Gasteiger partial charge in [0.05, 0.1) is 18.3 Å². The van der Waals surface area contributed by atoms with Crippen molar-refractivity contribution >= 4 is 5.97 Å². The lowest BCUT2D eigenvalue weighted by Gasteiger charge is -2.12. The number of carbonyl (C=O) groups is 1. The van der Waals surface area contributed by atoms with Crippen LogP contribution in [0.2, 0.25) is 0 Å². The molecule has 0 aliphatic heterocycles. The summed E-state index contributed by atoms with van der Waals surface area (Å²) in [6.45, 7) is 4.35. The zero-order valence-electron chi connectivity index (χ0n) is 12.1. The quantitative estimate of drug-likeness (QED) is 0.871. The van der Waals surface area contributed by atoms with Crippen molar-refractivity contribution in [1.29, 1.82) is 0 Å². The predicted octanol–water partition coefficient (Wildman–Crippen LogP) is 1.55. The summed E-state index contributed by atoms with van der Waals surface area (Å²) in [5.74, 6) is -1.16. The lowest BCUT2D eigenvalue weighted by Crippen LogP contribution is -2.25. The van der Waals surface area contributed by atoms with Crippen molar-refractivity contribution in [3.63, 3.8) is 0 Å². The van der Waals surface area contributed by atoms with Gasteiger partial charge in [-0.1, -0.05) is 13.8 Å². The van der Waals surface area contributed by atoms with Crippen LogP contribution >= 0.6 is 0 Å². The second kappa shape index (κ2) is 6.34. The second-order valence-corrected chi connectivity index (χ2v) is 4.78. The fourth-order valence-corrected chi connectivity index (χ4v) is 2.16. The molecule has 0 amide bonds. The number of carboxylic acids is 1. The summed E-state index contributed by atoms with van der Waals surface area (Å²) in [6.07, 6.45) is 3.83. The maximum atomic E-state index is 11.7. The van der Waals surface area contributed by atoms with Gasteiger partial charge < -0.3 is 5.11 Å². The van der Waals surface area contributed by atoms with E-state index in [1.807, 2.05) is 16.9 Å². The third-order valence-corrected chi connectivity index (χ3v) is 3.38. The molecule has 0 fully saturated rings. The van der Waals surface area contributed by atoms with Gasteiger partial charge in [-0.15, -0.1) is 0 Å². The minimum Gasteiger partial charge on any atom is -0.476 e. The van der Waals surface area contributed by atoms with Crippen molar-refractivity contribution < 1.29 is 9.90 Å². The van der Waals surface area contributed by atoms with Gasteiger partial charge in [0.25, 0.3) is 5.56 Å². The first-order valence-electron chi connectivity index (χ1n) is 6.90. The maximum absolute atomic E-state index is 11.7. The number of hydrogen-bond donors (Lipinski definition) is 1. The Balaban J connectivity index is 2.24. The van der Waals surface area contributed by atoms with Gasteiger partial charge in [-0.25, -0.2) is 9.48 Å². The Kier molecular flexibility index (Phi) is 4.52. The van der Waals surface area contributed by atoms with Crippen LogP contribution in [0.5, 0.6) is 0 Å². The zero-order chi connectivity index (χ0) is 15.4. The lowest BCUT2D eigenvalue weighted by molar-refractivity contribution is 0.0687. The molecule has 0 saturated carbocycles. The molecule has 112 valence electrons. The Hall–Kier alpha value is -2.44. The van der Waals surface area contributed by atoms with Crippen LogP contribution < -0.4 is 5.56 Å². The summed E-state index contributed by atoms with van der Waals surface area (Å²) in [4.78, 5) is 22.6. The average molecular weight is 290 g/mol. The summed E-state index contributed by atoms with van der Waals surface area (Å²) < 4.78 is 2.99. The topological polar surface area (TPSA) is 90.0 Å². The predicted molar refractivity (Wildman–Crippen MR) is 76.4 cm³/mol. The van der Waals surface area contributed by atoms with Gasteiger partial charge in [0.1, 0.15) is 0 Å². The Labute approximate surface area is 121 Å². The van der Waals surface area contributed by atoms with E-state index in [-0.39, 0.29) is 17.8 Å². The van der Waals surface area contributed by atoms with Crippen LogP contribution in [0.3, 0.4) is 0 Å². The van der Waals surface area contributed by atoms with E-state index in [1.165, 1.54) is 12.1 Å². The molecule has 0 atom stereocenters. The van der Waals surface area contributed by atoms with E-state index >= 15 is 0 Å². The zero-order valence-corrected chi connectivity index (χ0v) is 12.1. The highest BCUT2D eigenvalue weighted by Crippen LogP contribution is 2.14. The number of aromatic carboxylic acids is 1. The largest absolute Gasteiger partial charge is 0.476 e. The molecule has 0 aliphatic carbocycles. The van der Waals surface area contributed by atoms with E-state index in [0.29, 0.717) is 11.7 Å². The maximum Gasteiger partial charge on any atom is 0.356 e. The molecule has 0 saturated heterocycles. The monoisotopic (exact) mass is 290 g/mol. The van der Waals surface area contributed by atoms with E-state index in [2.05, 4.69) is 24.0 Å². The third-order valence-electron chi connectivity index (χ3n) is 3.38. The highest BCUT2D eigenvalue weighted by atomic mass is 16.4. The molecule has 2 heterocycles. The molecule has 0 aliphatic rings. The van der Waals surface area contributed by atoms with Crippen molar-refractivity contribution in [2.45, 2.75) is 39.3 Å². The summed E-state index contributed by atoms with van der Waals surface area (Å²) in [5.41, 5.74) is 0.171. The molecule has 2 aromatic heterocycles. The fraction of sp³-hybridized carbons (Fsp3) is 0.429. The Morgan fingerprint density at radius 2 is 1.95 bits per heavy atom. The van der Waals surface area contributed by atoms with Gasteiger partial charge in [0, 0.05) is 12.3 Å². The van der Waals surface area contributed by atoms with Crippen molar-refractivity contribution in [3.8, 4) is 0 Å². The molecule has 2 aromatic rings. The van der Waals surface area contributed by atoms with E-state index in [0.717, 1.165) is 17.5 Å². The molecular formula is C14H18N4O3. The van der Waals surface area contributed by atoms with E-state index < -0.39 is 5.97 Å². The number of carboxylic acid groups (broad SMARTS) is 1. The van der Waals surface area contributed by atoms with Gasteiger partial charge in [-0.2, -0.15) is 10.2 Å². The molecule has 0 radical (unpaired) electrons. The fourth-order valence-electron chi connectivity index (χ4n) is 2.16. The van der Waals surface area contributed by atoms with Crippen LogP contribution in [0.25, 0.3) is 0 Å². The molecular weight excluding hydrogens is 272 g/mol. The first kappa shape index (κ1) is 15.0. The molecule has 0 aromatic carbocycles. The van der Waals surface area contributed by atoms with Crippen LogP contribution in [0, 0.1) is 0 Å². The standard InChI is InChI=1S/C14H18N4O3/c1-3-11(4-2)17-8-7-10(15-17)9-18-13(19)6-5-12(16-18)14(20)21/h5-8,11H,3-4,9H2,1-2H3,(H,20,21). The van der Waals surface area contributed by atoms with Crippen LogP contribution in [0.1, 0.15) is 48.9 Å². The summed E-state index contributed by atoms with van der Waals surface area (Å²) in [6, 6.07) is 4.55. The van der Waals surface area contributed by atoms with Gasteiger partial charge >= 0.3 is 5.97 Å². The van der Waals surface area contributed by atoms with Crippen molar-refractivity contribution in [2.24, 2.45) is 0 Å². The highest BCUT2D eigenvalue weighted by Gasteiger charge is 2.11. The van der Waals surface area contributed by atoms with Gasteiger partial charge in [0.2, 0.25) is 0 Å². The van der Waals surface area contributed by atoms with Gasteiger partial charge in [-0.3, -0.25) is 9.48 Å². The van der Waals surface area contributed by atoms with Crippen molar-refractivity contribution in [1.82, 2.24) is 19.6 Å². The second-order valence-electron chi connectivity index (χ2n) is 4.78. The Morgan fingerprint density at radius 3 is 2.57 bits per heavy atom. The summed E-state index contributed by atoms with van der Waals surface area (Å²) in [5, 5.41) is 17.2. The normalized spacial score (nSPS) is 11.0. The van der Waals surface area contributed by atoms with Crippen LogP contribution in [-0.4, -0.2) is 30.6 Å². The van der Waals surface area contributed by atoms with E-state index in [1.54, 1.807) is 0 Å². The van der Waals surface area contributed by atoms with E-state index in [9.17, 15) is 9.59 Å². The van der Waals surface area contributed by atoms with Crippen molar-refractivity contribution in [3.05, 3.63) is 46.1 Å². The number of aromatic nitrogens is 4. The molecule has 2 rings (SSSR count). The van der Waals surface area contributed by atoms with Crippen molar-refractivity contribution in [2.75, 3.05) is 0 Å². The Bertz CT molecular complexity index is 686. The molecule has 21 heavy (non-hydrogen) atoms. The molecule has 1 N–H and O–H groups in total. The minimum atomic E-state index is -1.16. The number of hydrogen-bond acceptors (Lipinski definition) is 4. The molecule has 7 nitrogen and oxygen atoms in total. The lowest BCUT2D eigenvalue weighted by atomic mass is 10.2.